The van der Waals surface area contributed by atoms with Crippen molar-refractivity contribution in [3.63, 3.8) is 0 Å². The number of benzene rings is 5. The Morgan fingerprint density at radius 3 is 1.66 bits per heavy atom. The number of carbonyl (C=O) groups is 1. The molecular weight excluding hydrogens is 988 g/mol. The molecule has 67 heavy (non-hydrogen) atoms. The molecule has 6 aromatic rings. The van der Waals surface area contributed by atoms with Crippen molar-refractivity contribution in [3.05, 3.63) is 131 Å². The number of rotatable bonds is 14. The van der Waals surface area contributed by atoms with E-state index < -0.39 is 72.3 Å². The maximum atomic E-state index is 13.7. The summed E-state index contributed by atoms with van der Waals surface area (Å²) in [6.07, 6.45) is 0.861. The van der Waals surface area contributed by atoms with E-state index in [0.29, 0.717) is 5.69 Å². The van der Waals surface area contributed by atoms with Crippen molar-refractivity contribution in [1.29, 1.82) is 0 Å². The summed E-state index contributed by atoms with van der Waals surface area (Å²) in [5, 5.41) is 25.4. The Balaban J connectivity index is 0.00000327. The number of para-hydroxylation sites is 1. The van der Waals surface area contributed by atoms with Crippen molar-refractivity contribution in [2.75, 3.05) is 21.4 Å². The van der Waals surface area contributed by atoms with Crippen LogP contribution in [0.1, 0.15) is 15.9 Å². The van der Waals surface area contributed by atoms with E-state index in [0.717, 1.165) is 48.5 Å². The second-order valence-electron chi connectivity index (χ2n) is 13.1. The summed E-state index contributed by atoms with van der Waals surface area (Å²) in [6.45, 7) is 0. The van der Waals surface area contributed by atoms with Crippen LogP contribution in [0.2, 0.25) is 0 Å². The molecule has 30 heteroatoms. The molecule has 0 saturated heterocycles. The normalized spacial score (nSPS) is 13.3. The number of carbonyl (C=O) groups excluding carboxylic acids is 1. The number of Topliss-reactive ketones (excluding diaryl/α,β-unsaturated/α-hetero) is 1. The zero-order chi connectivity index (χ0) is 46.0. The Labute approximate surface area is 448 Å². The quantitative estimate of drug-likeness (QED) is 0.0297. The van der Waals surface area contributed by atoms with E-state index in [4.69, 9.17) is 5.14 Å². The zero-order valence-corrected chi connectivity index (χ0v) is 44.1. The molecule has 5 aromatic carbocycles. The average Bonchev–Trinajstić information content (AvgIpc) is 3.22. The molecule has 0 saturated carbocycles. The van der Waals surface area contributed by atoms with E-state index in [1.807, 2.05) is 0 Å². The predicted octanol–water partition coefficient (Wildman–Crippen LogP) is -4.46. The van der Waals surface area contributed by atoms with Gasteiger partial charge >= 0.3 is 88.7 Å². The number of sulfonamides is 1. The second-order valence-corrected chi connectivity index (χ2v) is 18.7. The van der Waals surface area contributed by atoms with E-state index >= 15 is 0 Å². The fourth-order valence-electron chi connectivity index (χ4n) is 5.70. The van der Waals surface area contributed by atoms with Crippen molar-refractivity contribution in [1.82, 2.24) is 15.0 Å². The molecule has 6 N–H and O–H groups in total. The van der Waals surface area contributed by atoms with E-state index in [1.54, 1.807) is 30.3 Å². The van der Waals surface area contributed by atoms with Gasteiger partial charge in [0, 0.05) is 22.6 Å². The molecule has 0 radical (unpaired) electrons. The molecule has 328 valence electrons. The topological polar surface area (TPSA) is 373 Å². The number of nitrogens with zero attached hydrogens (tertiary/aromatic N) is 6. The Morgan fingerprint density at radius 2 is 1.09 bits per heavy atom. The molecular formula is C37H26N11Na3O12S4. The van der Waals surface area contributed by atoms with Crippen LogP contribution in [-0.4, -0.2) is 73.8 Å². The average molecular weight is 1010 g/mol. The number of hydrazone groups is 1. The first-order chi connectivity index (χ1) is 30.1. The van der Waals surface area contributed by atoms with Gasteiger partial charge in [0.15, 0.2) is 0 Å². The van der Waals surface area contributed by atoms with Gasteiger partial charge in [0.1, 0.15) is 36.1 Å². The van der Waals surface area contributed by atoms with Gasteiger partial charge < -0.3 is 29.6 Å². The number of anilines is 7. The van der Waals surface area contributed by atoms with E-state index in [1.165, 1.54) is 42.5 Å². The molecule has 0 aliphatic heterocycles. The molecule has 0 atom stereocenters. The molecule has 1 aliphatic carbocycles. The number of nitrogens with one attached hydrogen (secondary N) is 4. The van der Waals surface area contributed by atoms with Crippen molar-refractivity contribution in [3.8, 4) is 0 Å². The van der Waals surface area contributed by atoms with Gasteiger partial charge in [-0.1, -0.05) is 24.3 Å². The number of allylic oxidation sites excluding steroid dienone is 1. The van der Waals surface area contributed by atoms with Crippen LogP contribution in [0.5, 0.6) is 0 Å². The van der Waals surface area contributed by atoms with Crippen molar-refractivity contribution in [2.45, 2.75) is 14.7 Å². The smallest absolute Gasteiger partial charge is 0.744 e. The molecule has 1 heterocycles. The molecule has 0 bridgehead atoms. The minimum atomic E-state index is -5.45. The first-order valence-electron chi connectivity index (χ1n) is 17.6. The fourth-order valence-corrected chi connectivity index (χ4v) is 8.02. The largest absolute Gasteiger partial charge is 1.00 e. The van der Waals surface area contributed by atoms with Crippen LogP contribution in [0.15, 0.2) is 150 Å². The van der Waals surface area contributed by atoms with E-state index in [2.05, 4.69) is 51.7 Å². The first-order valence-corrected chi connectivity index (χ1v) is 23.4. The molecule has 7 rings (SSSR count). The maximum Gasteiger partial charge on any atom is 1.00 e. The molecule has 0 spiro atoms. The SMILES string of the molecule is NS(=O)(=O)c1cccc(Nc2nc(Nc3ccccc3)nc(Nc3ccc4c(c3)C=C(S(=O)(=O)[O-])/C(=N/Nc3ccc(N=Nc5ccc(S(=O)(=O)[O-])cc5)cc3S(=O)(=O)[O-])C4=O)n2)c1.[Na+].[Na+].[Na+]. The Morgan fingerprint density at radius 1 is 0.537 bits per heavy atom. The number of aromatic nitrogens is 3. The molecule has 23 nitrogen and oxygen atoms in total. The number of nitrogens with two attached hydrogens (primary N) is 1. The number of azo groups is 1. The van der Waals surface area contributed by atoms with Gasteiger partial charge in [-0.05, 0) is 103 Å². The van der Waals surface area contributed by atoms with Crippen molar-refractivity contribution < 1.29 is 141 Å². The van der Waals surface area contributed by atoms with Gasteiger partial charge in [0.25, 0.3) is 0 Å². The molecule has 1 aliphatic rings. The van der Waals surface area contributed by atoms with Crippen LogP contribution in [0.25, 0.3) is 6.08 Å². The Kier molecular flexibility index (Phi) is 18.4. The van der Waals surface area contributed by atoms with Crippen LogP contribution >= 0.6 is 0 Å². The van der Waals surface area contributed by atoms with E-state index in [9.17, 15) is 52.1 Å². The van der Waals surface area contributed by atoms with Crippen molar-refractivity contribution in [2.24, 2.45) is 20.5 Å². The van der Waals surface area contributed by atoms with Crippen LogP contribution < -0.4 is 115 Å². The van der Waals surface area contributed by atoms with Gasteiger partial charge in [0.2, 0.25) is 33.7 Å². The summed E-state index contributed by atoms with van der Waals surface area (Å²) < 4.78 is 132. The van der Waals surface area contributed by atoms with Crippen LogP contribution in [0.4, 0.5) is 52.0 Å². The monoisotopic (exact) mass is 1010 g/mol. The Bertz CT molecular complexity index is 3430. The minimum Gasteiger partial charge on any atom is -0.744 e. The summed E-state index contributed by atoms with van der Waals surface area (Å²) in [5.41, 5.74) is 1.34. The second kappa shape index (κ2) is 22.4. The predicted molar refractivity (Wildman–Crippen MR) is 226 cm³/mol. The summed E-state index contributed by atoms with van der Waals surface area (Å²) in [5.74, 6) is -1.23. The van der Waals surface area contributed by atoms with Gasteiger partial charge in [-0.25, -0.2) is 38.8 Å². The third-order valence-electron chi connectivity index (χ3n) is 8.57. The Hall–Kier alpha value is -4.37. The van der Waals surface area contributed by atoms with E-state index in [-0.39, 0.29) is 145 Å². The van der Waals surface area contributed by atoms with Gasteiger partial charge in [-0.3, -0.25) is 10.2 Å². The minimum absolute atomic E-state index is 0. The van der Waals surface area contributed by atoms with Gasteiger partial charge in [-0.15, -0.1) is 0 Å². The summed E-state index contributed by atoms with van der Waals surface area (Å²) in [6, 6.07) is 25.4. The van der Waals surface area contributed by atoms with Crippen LogP contribution in [0, 0.1) is 0 Å². The third kappa shape index (κ3) is 14.3. The number of hydrogen-bond donors (Lipinski definition) is 5. The molecule has 0 unspecified atom stereocenters. The standard InChI is InChI=1S/C37H29N11O12S4.3Na/c38-61(50,51)28-8-4-7-24(19-28)40-36-42-35(39-22-5-2-1-3-6-22)43-37(44-36)41-25-11-15-29-21(17-25)18-32(64(58,59)60)33(34(29)49)48-47-30-16-12-26(20-31(30)63(55,56)57)46-45-23-9-13-27(14-10-23)62(52,53)54;;;/h1-20,47H,(H2,38,50,51)(H,52,53,54)(H,55,56,57)(H,58,59,60)(H3,39,40,41,42,43,44);;;/q;3*+1/p-3/b46-45?,48-33-;;;. The summed E-state index contributed by atoms with van der Waals surface area (Å²) in [4.78, 5) is 24.0. The zero-order valence-electron chi connectivity index (χ0n) is 34.8. The number of ketones is 1. The van der Waals surface area contributed by atoms with Crippen molar-refractivity contribution >= 4 is 110 Å². The van der Waals surface area contributed by atoms with Gasteiger partial charge in [-0.2, -0.15) is 30.3 Å². The number of hydrogen-bond acceptors (Lipinski definition) is 22. The third-order valence-corrected chi connectivity index (χ3v) is 12.1. The number of fused-ring (bicyclic) bond motifs is 1. The van der Waals surface area contributed by atoms with Crippen LogP contribution in [0.3, 0.4) is 0 Å². The molecule has 0 amide bonds. The fraction of sp³-hybridized carbons (Fsp3) is 0. The van der Waals surface area contributed by atoms with Crippen LogP contribution in [-0.2, 0) is 40.4 Å². The summed E-state index contributed by atoms with van der Waals surface area (Å²) >= 11 is 0. The number of primary sulfonamides is 1. The first kappa shape index (κ1) is 55.2. The molecule has 1 aromatic heterocycles. The van der Waals surface area contributed by atoms with Gasteiger partial charge in [0.05, 0.1) is 36.7 Å². The molecule has 0 fully saturated rings. The summed E-state index contributed by atoms with van der Waals surface area (Å²) in [7, 11) is -19.6. The maximum absolute atomic E-state index is 13.7.